The van der Waals surface area contributed by atoms with Gasteiger partial charge in [-0.3, -0.25) is 9.48 Å². The maximum absolute atomic E-state index is 11.8. The summed E-state index contributed by atoms with van der Waals surface area (Å²) in [5.74, 6) is -1.54. The average molecular weight is 317 g/mol. The van der Waals surface area contributed by atoms with Gasteiger partial charge in [-0.2, -0.15) is 5.10 Å². The molecule has 1 aromatic heterocycles. The van der Waals surface area contributed by atoms with Crippen molar-refractivity contribution in [1.29, 1.82) is 0 Å². The second-order valence-electron chi connectivity index (χ2n) is 5.09. The molecule has 23 heavy (non-hydrogen) atoms. The molecule has 122 valence electrons. The van der Waals surface area contributed by atoms with Gasteiger partial charge in [0.2, 0.25) is 5.91 Å². The predicted octanol–water partition coefficient (Wildman–Crippen LogP) is 0.749. The van der Waals surface area contributed by atoms with Gasteiger partial charge in [-0.05, 0) is 11.6 Å². The molecule has 7 heteroatoms. The summed E-state index contributed by atoms with van der Waals surface area (Å²) in [5.41, 5.74) is 1.67. The number of carbonyl (C=O) groups excluding carboxylic acids is 1. The molecule has 1 amide bonds. The molecule has 1 atom stereocenters. The minimum atomic E-state index is -1.08. The molecule has 0 saturated carbocycles. The molecule has 2 aromatic rings. The SMILES string of the molecule is Cn1nccc1COCC(=O)N[C@@H](Cc1ccccc1)C(=O)O. The van der Waals surface area contributed by atoms with E-state index in [2.05, 4.69) is 10.4 Å². The Hall–Kier alpha value is -2.67. The van der Waals surface area contributed by atoms with Crippen LogP contribution in [0.1, 0.15) is 11.3 Å². The molecule has 0 unspecified atom stereocenters. The molecule has 7 nitrogen and oxygen atoms in total. The van der Waals surface area contributed by atoms with Crippen molar-refractivity contribution >= 4 is 11.9 Å². The van der Waals surface area contributed by atoms with Crippen LogP contribution in [0.5, 0.6) is 0 Å². The summed E-state index contributed by atoms with van der Waals surface area (Å²) in [6.07, 6.45) is 1.86. The molecule has 1 heterocycles. The lowest BCUT2D eigenvalue weighted by molar-refractivity contribution is -0.142. The molecule has 2 rings (SSSR count). The molecule has 0 aliphatic heterocycles. The summed E-state index contributed by atoms with van der Waals surface area (Å²) in [6, 6.07) is 9.95. The van der Waals surface area contributed by atoms with Crippen LogP contribution in [0.2, 0.25) is 0 Å². The molecule has 0 radical (unpaired) electrons. The Balaban J connectivity index is 1.81. The van der Waals surface area contributed by atoms with Crippen molar-refractivity contribution in [2.45, 2.75) is 19.1 Å². The largest absolute Gasteiger partial charge is 0.480 e. The molecule has 0 bridgehead atoms. The van der Waals surface area contributed by atoms with E-state index in [9.17, 15) is 14.7 Å². The Bertz CT molecular complexity index is 654. The fourth-order valence-electron chi connectivity index (χ4n) is 2.08. The van der Waals surface area contributed by atoms with E-state index in [1.165, 1.54) is 0 Å². The average Bonchev–Trinajstić information content (AvgIpc) is 2.93. The van der Waals surface area contributed by atoms with Gasteiger partial charge in [0.1, 0.15) is 12.6 Å². The second-order valence-corrected chi connectivity index (χ2v) is 5.09. The zero-order valence-electron chi connectivity index (χ0n) is 12.8. The number of carboxylic acid groups (broad SMARTS) is 1. The van der Waals surface area contributed by atoms with Crippen LogP contribution in [-0.2, 0) is 34.4 Å². The van der Waals surface area contributed by atoms with Crippen LogP contribution < -0.4 is 5.32 Å². The molecule has 0 aliphatic carbocycles. The number of nitrogens with one attached hydrogen (secondary N) is 1. The van der Waals surface area contributed by atoms with Crippen LogP contribution in [0.25, 0.3) is 0 Å². The molecule has 2 N–H and O–H groups in total. The lowest BCUT2D eigenvalue weighted by Crippen LogP contribution is -2.43. The highest BCUT2D eigenvalue weighted by Gasteiger charge is 2.20. The smallest absolute Gasteiger partial charge is 0.326 e. The maximum Gasteiger partial charge on any atom is 0.326 e. The third-order valence-electron chi connectivity index (χ3n) is 3.32. The highest BCUT2D eigenvalue weighted by atomic mass is 16.5. The fourth-order valence-corrected chi connectivity index (χ4v) is 2.08. The van der Waals surface area contributed by atoms with Crippen molar-refractivity contribution < 1.29 is 19.4 Å². The van der Waals surface area contributed by atoms with Crippen molar-refractivity contribution in [3.8, 4) is 0 Å². The van der Waals surface area contributed by atoms with Crippen LogP contribution in [0.4, 0.5) is 0 Å². The third kappa shape index (κ3) is 5.23. The Kier molecular flexibility index (Phi) is 5.87. The van der Waals surface area contributed by atoms with E-state index in [0.29, 0.717) is 0 Å². The van der Waals surface area contributed by atoms with Crippen LogP contribution >= 0.6 is 0 Å². The first-order valence-electron chi connectivity index (χ1n) is 7.17. The van der Waals surface area contributed by atoms with Gasteiger partial charge in [0.25, 0.3) is 0 Å². The Morgan fingerprint density at radius 2 is 2.04 bits per heavy atom. The standard InChI is InChI=1S/C16H19N3O4/c1-19-13(7-8-17-19)10-23-11-15(20)18-14(16(21)22)9-12-5-3-2-4-6-12/h2-8,14H,9-11H2,1H3,(H,18,20)(H,21,22)/t14-/m0/s1. The molecule has 1 aromatic carbocycles. The number of amides is 1. The van der Waals surface area contributed by atoms with E-state index in [4.69, 9.17) is 4.74 Å². The maximum atomic E-state index is 11.8. The summed E-state index contributed by atoms with van der Waals surface area (Å²) in [6.45, 7) is 0.0318. The summed E-state index contributed by atoms with van der Waals surface area (Å²) in [7, 11) is 1.78. The number of aromatic nitrogens is 2. The van der Waals surface area contributed by atoms with E-state index >= 15 is 0 Å². The number of benzene rings is 1. The van der Waals surface area contributed by atoms with Gasteiger partial charge in [-0.15, -0.1) is 0 Å². The number of aryl methyl sites for hydroxylation is 1. The van der Waals surface area contributed by atoms with Crippen molar-refractivity contribution in [1.82, 2.24) is 15.1 Å². The zero-order chi connectivity index (χ0) is 16.7. The van der Waals surface area contributed by atoms with Crippen molar-refractivity contribution in [3.05, 3.63) is 53.9 Å². The lowest BCUT2D eigenvalue weighted by atomic mass is 10.1. The first-order valence-corrected chi connectivity index (χ1v) is 7.17. The highest BCUT2D eigenvalue weighted by Crippen LogP contribution is 2.04. The first-order chi connectivity index (χ1) is 11.1. The van der Waals surface area contributed by atoms with Gasteiger partial charge in [-0.1, -0.05) is 30.3 Å². The number of nitrogens with zero attached hydrogens (tertiary/aromatic N) is 2. The van der Waals surface area contributed by atoms with Crippen LogP contribution in [0, 0.1) is 0 Å². The van der Waals surface area contributed by atoms with Crippen molar-refractivity contribution in [3.63, 3.8) is 0 Å². The van der Waals surface area contributed by atoms with Gasteiger partial charge in [-0.25, -0.2) is 4.79 Å². The number of hydrogen-bond acceptors (Lipinski definition) is 4. The van der Waals surface area contributed by atoms with Crippen LogP contribution in [-0.4, -0.2) is 39.4 Å². The Morgan fingerprint density at radius 1 is 1.30 bits per heavy atom. The number of ether oxygens (including phenoxy) is 1. The van der Waals surface area contributed by atoms with Gasteiger partial charge >= 0.3 is 5.97 Å². The zero-order valence-corrected chi connectivity index (χ0v) is 12.8. The fraction of sp³-hybridized carbons (Fsp3) is 0.312. The van der Waals surface area contributed by atoms with Crippen molar-refractivity contribution in [2.75, 3.05) is 6.61 Å². The first kappa shape index (κ1) is 16.7. The minimum Gasteiger partial charge on any atom is -0.480 e. The summed E-state index contributed by atoms with van der Waals surface area (Å²) < 4.78 is 6.93. The van der Waals surface area contributed by atoms with E-state index in [-0.39, 0.29) is 19.6 Å². The minimum absolute atomic E-state index is 0.205. The van der Waals surface area contributed by atoms with Gasteiger partial charge in [0.15, 0.2) is 0 Å². The Labute approximate surface area is 133 Å². The number of carbonyl (C=O) groups is 2. The van der Waals surface area contributed by atoms with Crippen LogP contribution in [0.15, 0.2) is 42.6 Å². The molecule has 0 saturated heterocycles. The van der Waals surface area contributed by atoms with Gasteiger partial charge in [0.05, 0.1) is 12.3 Å². The highest BCUT2D eigenvalue weighted by molar-refractivity contribution is 5.84. The van der Waals surface area contributed by atoms with E-state index < -0.39 is 17.9 Å². The second kappa shape index (κ2) is 8.09. The normalized spacial score (nSPS) is 11.9. The summed E-state index contributed by atoms with van der Waals surface area (Å²) in [5, 5.41) is 15.7. The van der Waals surface area contributed by atoms with Gasteiger partial charge in [0, 0.05) is 19.7 Å². The quantitative estimate of drug-likeness (QED) is 0.749. The van der Waals surface area contributed by atoms with Crippen LogP contribution in [0.3, 0.4) is 0 Å². The molecule has 0 spiro atoms. The van der Waals surface area contributed by atoms with Gasteiger partial charge < -0.3 is 15.2 Å². The topological polar surface area (TPSA) is 93.5 Å². The Morgan fingerprint density at radius 3 is 2.65 bits per heavy atom. The number of carboxylic acids is 1. The number of hydrogen-bond donors (Lipinski definition) is 2. The third-order valence-corrected chi connectivity index (χ3v) is 3.32. The monoisotopic (exact) mass is 317 g/mol. The van der Waals surface area contributed by atoms with E-state index in [0.717, 1.165) is 11.3 Å². The molecular weight excluding hydrogens is 298 g/mol. The van der Waals surface area contributed by atoms with E-state index in [1.54, 1.807) is 24.0 Å². The van der Waals surface area contributed by atoms with E-state index in [1.807, 2.05) is 30.3 Å². The molecule has 0 aliphatic rings. The number of rotatable bonds is 8. The summed E-state index contributed by atoms with van der Waals surface area (Å²) in [4.78, 5) is 23.1. The van der Waals surface area contributed by atoms with Crippen molar-refractivity contribution in [2.24, 2.45) is 7.05 Å². The molecule has 0 fully saturated rings. The molecular formula is C16H19N3O4. The predicted molar refractivity (Wildman–Crippen MR) is 82.6 cm³/mol. The lowest BCUT2D eigenvalue weighted by Gasteiger charge is -2.14. The summed E-state index contributed by atoms with van der Waals surface area (Å²) >= 11 is 0. The number of aliphatic carboxylic acids is 1.